The molecule has 0 radical (unpaired) electrons. The van der Waals surface area contributed by atoms with Gasteiger partial charge in [-0.3, -0.25) is 19.9 Å². The molecule has 7 heteroatoms. The number of aryl methyl sites for hydroxylation is 1. The van der Waals surface area contributed by atoms with Crippen molar-refractivity contribution in [3.05, 3.63) is 57.9 Å². The van der Waals surface area contributed by atoms with Gasteiger partial charge in [0.1, 0.15) is 11.3 Å². The molecule has 3 N–H and O–H groups in total. The molecule has 0 saturated carbocycles. The van der Waals surface area contributed by atoms with Gasteiger partial charge in [0, 0.05) is 6.20 Å². The fourth-order valence-corrected chi connectivity index (χ4v) is 1.75. The smallest absolute Gasteiger partial charge is 0.304 e. The number of nitrogens with one attached hydrogen (secondary N) is 1. The van der Waals surface area contributed by atoms with Gasteiger partial charge in [-0.15, -0.1) is 0 Å². The first-order chi connectivity index (χ1) is 9.50. The molecule has 1 aromatic carbocycles. The van der Waals surface area contributed by atoms with E-state index in [0.717, 1.165) is 0 Å². The number of carbonyl (C=O) groups is 1. The molecule has 2 rings (SSSR count). The third-order valence-electron chi connectivity index (χ3n) is 2.75. The van der Waals surface area contributed by atoms with Crippen molar-refractivity contribution in [2.24, 2.45) is 0 Å². The Morgan fingerprint density at radius 2 is 2.10 bits per heavy atom. The zero-order chi connectivity index (χ0) is 14.7. The molecule has 0 fully saturated rings. The topological polar surface area (TPSA) is 111 Å². The third kappa shape index (κ3) is 2.56. The Morgan fingerprint density at radius 1 is 1.35 bits per heavy atom. The first kappa shape index (κ1) is 13.5. The summed E-state index contributed by atoms with van der Waals surface area (Å²) in [6.07, 6.45) is 1.59. The van der Waals surface area contributed by atoms with Crippen LogP contribution >= 0.6 is 0 Å². The lowest BCUT2D eigenvalue weighted by Gasteiger charge is -2.08. The van der Waals surface area contributed by atoms with E-state index in [9.17, 15) is 14.9 Å². The van der Waals surface area contributed by atoms with Crippen molar-refractivity contribution in [3.63, 3.8) is 0 Å². The van der Waals surface area contributed by atoms with Crippen molar-refractivity contribution in [1.82, 2.24) is 4.98 Å². The van der Waals surface area contributed by atoms with Crippen LogP contribution in [0.4, 0.5) is 17.1 Å². The second-order valence-electron chi connectivity index (χ2n) is 4.09. The molecule has 0 aliphatic carbocycles. The number of benzene rings is 1. The number of para-hydroxylation sites is 1. The molecular weight excluding hydrogens is 260 g/mol. The zero-order valence-electron chi connectivity index (χ0n) is 10.7. The van der Waals surface area contributed by atoms with Gasteiger partial charge in [-0.2, -0.15) is 0 Å². The molecule has 1 amide bonds. The maximum absolute atomic E-state index is 12.1. The number of rotatable bonds is 3. The average Bonchev–Trinajstić information content (AvgIpc) is 2.40. The summed E-state index contributed by atoms with van der Waals surface area (Å²) in [5.41, 5.74) is 6.13. The van der Waals surface area contributed by atoms with E-state index in [4.69, 9.17) is 5.73 Å². The van der Waals surface area contributed by atoms with E-state index < -0.39 is 16.5 Å². The van der Waals surface area contributed by atoms with E-state index >= 15 is 0 Å². The number of anilines is 2. The lowest BCUT2D eigenvalue weighted by Crippen LogP contribution is -2.15. The number of carbonyl (C=O) groups excluding carboxylic acids is 1. The summed E-state index contributed by atoms with van der Waals surface area (Å²) in [7, 11) is 0. The molecule has 1 heterocycles. The van der Waals surface area contributed by atoms with Gasteiger partial charge in [0.05, 0.1) is 16.3 Å². The molecule has 0 saturated heterocycles. The van der Waals surface area contributed by atoms with Gasteiger partial charge in [-0.25, -0.2) is 0 Å². The molecule has 20 heavy (non-hydrogen) atoms. The average molecular weight is 272 g/mol. The lowest BCUT2D eigenvalue weighted by atomic mass is 10.1. The Morgan fingerprint density at radius 3 is 2.75 bits per heavy atom. The van der Waals surface area contributed by atoms with Crippen LogP contribution in [0.5, 0.6) is 0 Å². The van der Waals surface area contributed by atoms with E-state index in [-0.39, 0.29) is 11.3 Å². The molecular formula is C13H12N4O3. The van der Waals surface area contributed by atoms with Crippen LogP contribution < -0.4 is 11.1 Å². The summed E-state index contributed by atoms with van der Waals surface area (Å²) in [5, 5.41) is 13.6. The van der Waals surface area contributed by atoms with E-state index in [1.807, 2.05) is 0 Å². The molecule has 7 nitrogen and oxygen atoms in total. The normalized spacial score (nSPS) is 10.1. The molecule has 102 valence electrons. The first-order valence-corrected chi connectivity index (χ1v) is 5.76. The molecule has 0 spiro atoms. The SMILES string of the molecule is Cc1ncccc1NC(=O)c1cccc(N)c1[N+](=O)[O-]. The number of nitrogens with two attached hydrogens (primary N) is 1. The van der Waals surface area contributed by atoms with Gasteiger partial charge in [0.2, 0.25) is 0 Å². The quantitative estimate of drug-likeness (QED) is 0.505. The van der Waals surface area contributed by atoms with Crippen LogP contribution in [0.15, 0.2) is 36.5 Å². The van der Waals surface area contributed by atoms with Crippen LogP contribution in [0.25, 0.3) is 0 Å². The number of nitro groups is 1. The number of pyridine rings is 1. The third-order valence-corrected chi connectivity index (χ3v) is 2.75. The van der Waals surface area contributed by atoms with Crippen molar-refractivity contribution < 1.29 is 9.72 Å². The maximum atomic E-state index is 12.1. The van der Waals surface area contributed by atoms with Crippen LogP contribution in [0.2, 0.25) is 0 Å². The van der Waals surface area contributed by atoms with E-state index in [1.54, 1.807) is 25.3 Å². The monoisotopic (exact) mass is 272 g/mol. The Balaban J connectivity index is 2.38. The Bertz CT molecular complexity index is 685. The molecule has 1 aromatic heterocycles. The van der Waals surface area contributed by atoms with Crippen LogP contribution in [0.1, 0.15) is 16.1 Å². The molecule has 0 atom stereocenters. The fourth-order valence-electron chi connectivity index (χ4n) is 1.75. The molecule has 0 bridgehead atoms. The van der Waals surface area contributed by atoms with Crippen molar-refractivity contribution in [1.29, 1.82) is 0 Å². The number of nitrogens with zero attached hydrogens (tertiary/aromatic N) is 2. The molecule has 0 unspecified atom stereocenters. The summed E-state index contributed by atoms with van der Waals surface area (Å²) >= 11 is 0. The Hall–Kier alpha value is -2.96. The molecule has 2 aromatic rings. The van der Waals surface area contributed by atoms with Crippen LogP contribution in [0.3, 0.4) is 0 Å². The summed E-state index contributed by atoms with van der Waals surface area (Å²) in [4.78, 5) is 26.5. The van der Waals surface area contributed by atoms with Gasteiger partial charge >= 0.3 is 5.69 Å². The number of aromatic nitrogens is 1. The number of amides is 1. The highest BCUT2D eigenvalue weighted by molar-refractivity contribution is 6.08. The summed E-state index contributed by atoms with van der Waals surface area (Å²) in [6, 6.07) is 7.56. The van der Waals surface area contributed by atoms with Crippen LogP contribution in [-0.4, -0.2) is 15.8 Å². The van der Waals surface area contributed by atoms with Crippen LogP contribution in [-0.2, 0) is 0 Å². The Labute approximate surface area is 114 Å². The Kier molecular flexibility index (Phi) is 3.60. The van der Waals surface area contributed by atoms with Crippen LogP contribution in [0, 0.1) is 17.0 Å². The van der Waals surface area contributed by atoms with Crippen molar-refractivity contribution in [3.8, 4) is 0 Å². The van der Waals surface area contributed by atoms with Crippen molar-refractivity contribution >= 4 is 23.0 Å². The molecule has 0 aliphatic heterocycles. The van der Waals surface area contributed by atoms with Gasteiger partial charge in [-0.05, 0) is 31.2 Å². The van der Waals surface area contributed by atoms with Gasteiger partial charge in [0.15, 0.2) is 0 Å². The summed E-state index contributed by atoms with van der Waals surface area (Å²) in [5.74, 6) is -0.597. The minimum Gasteiger partial charge on any atom is -0.393 e. The highest BCUT2D eigenvalue weighted by Crippen LogP contribution is 2.26. The van der Waals surface area contributed by atoms with Crippen molar-refractivity contribution in [2.45, 2.75) is 6.92 Å². The predicted octanol–water partition coefficient (Wildman–Crippen LogP) is 2.13. The number of nitrogen functional groups attached to an aromatic ring is 1. The number of nitro benzene ring substituents is 1. The standard InChI is InChI=1S/C13H12N4O3/c1-8-11(6-3-7-15-8)16-13(18)9-4-2-5-10(14)12(9)17(19)20/h2-7H,14H2,1H3,(H,16,18). The maximum Gasteiger partial charge on any atom is 0.304 e. The second-order valence-corrected chi connectivity index (χ2v) is 4.09. The van der Waals surface area contributed by atoms with Gasteiger partial charge in [-0.1, -0.05) is 6.07 Å². The zero-order valence-corrected chi connectivity index (χ0v) is 10.7. The van der Waals surface area contributed by atoms with Crippen molar-refractivity contribution in [2.75, 3.05) is 11.1 Å². The van der Waals surface area contributed by atoms with E-state index in [0.29, 0.717) is 11.4 Å². The first-order valence-electron chi connectivity index (χ1n) is 5.76. The number of hydrogen-bond donors (Lipinski definition) is 2. The van der Waals surface area contributed by atoms with Gasteiger partial charge < -0.3 is 11.1 Å². The minimum absolute atomic E-state index is 0.0504. The highest BCUT2D eigenvalue weighted by Gasteiger charge is 2.23. The number of hydrogen-bond acceptors (Lipinski definition) is 5. The lowest BCUT2D eigenvalue weighted by molar-refractivity contribution is -0.384. The minimum atomic E-state index is -0.666. The fraction of sp³-hybridized carbons (Fsp3) is 0.0769. The largest absolute Gasteiger partial charge is 0.393 e. The summed E-state index contributed by atoms with van der Waals surface area (Å²) in [6.45, 7) is 1.73. The second kappa shape index (κ2) is 5.35. The van der Waals surface area contributed by atoms with E-state index in [2.05, 4.69) is 10.3 Å². The molecule has 0 aliphatic rings. The predicted molar refractivity (Wildman–Crippen MR) is 74.4 cm³/mol. The van der Waals surface area contributed by atoms with E-state index in [1.165, 1.54) is 18.2 Å². The summed E-state index contributed by atoms with van der Waals surface area (Å²) < 4.78 is 0. The highest BCUT2D eigenvalue weighted by atomic mass is 16.6. The van der Waals surface area contributed by atoms with Gasteiger partial charge in [0.25, 0.3) is 5.91 Å².